The molecule has 3 rings (SSSR count). The second-order valence-corrected chi connectivity index (χ2v) is 6.89. The van der Waals surface area contributed by atoms with Crippen LogP contribution in [0.25, 0.3) is 10.9 Å². The third kappa shape index (κ3) is 4.12. The minimum Gasteiger partial charge on any atom is -0.473 e. The van der Waals surface area contributed by atoms with Gasteiger partial charge in [-0.3, -0.25) is 4.79 Å². The lowest BCUT2D eigenvalue weighted by atomic mass is 10.0. The molecule has 0 aliphatic carbocycles. The molecule has 2 aromatic heterocycles. The summed E-state index contributed by atoms with van der Waals surface area (Å²) in [6, 6.07) is 9.65. The lowest BCUT2D eigenvalue weighted by Gasteiger charge is -2.17. The Kier molecular flexibility index (Phi) is 6.21. The molecule has 6 nitrogen and oxygen atoms in total. The molecular weight excluding hydrogens is 352 g/mol. The van der Waals surface area contributed by atoms with Gasteiger partial charge in [0.25, 0.3) is 0 Å². The van der Waals surface area contributed by atoms with E-state index >= 15 is 0 Å². The second-order valence-electron chi connectivity index (χ2n) is 6.89. The number of ketones is 1. The Balaban J connectivity index is 2.20. The van der Waals surface area contributed by atoms with E-state index in [1.54, 1.807) is 12.4 Å². The first-order chi connectivity index (χ1) is 13.5. The van der Waals surface area contributed by atoms with Crippen molar-refractivity contribution in [2.45, 2.75) is 46.3 Å². The average Bonchev–Trinajstić information content (AvgIpc) is 2.68. The van der Waals surface area contributed by atoms with E-state index in [1.165, 1.54) is 0 Å². The molecule has 146 valence electrons. The number of hydrogen-bond donors (Lipinski definition) is 2. The number of carbonyl (C=O) groups is 1. The van der Waals surface area contributed by atoms with Gasteiger partial charge < -0.3 is 15.8 Å². The van der Waals surface area contributed by atoms with Crippen molar-refractivity contribution in [2.75, 3.05) is 5.32 Å². The highest BCUT2D eigenvalue weighted by Gasteiger charge is 2.19. The molecule has 0 saturated carbocycles. The Bertz CT molecular complexity index is 985. The van der Waals surface area contributed by atoms with Crippen molar-refractivity contribution in [1.82, 2.24) is 9.97 Å². The summed E-state index contributed by atoms with van der Waals surface area (Å²) in [6.07, 6.45) is 4.49. The van der Waals surface area contributed by atoms with Crippen LogP contribution >= 0.6 is 0 Å². The summed E-state index contributed by atoms with van der Waals surface area (Å²) in [7, 11) is 0. The number of nitrogens with one attached hydrogen (secondary N) is 1. The SMILES string of the molecule is CCCC(=O)c1cnc2c(OC(C)C)nccc2c1Nc1ccccc1CN. The highest BCUT2D eigenvalue weighted by molar-refractivity contribution is 6.09. The maximum absolute atomic E-state index is 12.8. The highest BCUT2D eigenvalue weighted by Crippen LogP contribution is 2.34. The summed E-state index contributed by atoms with van der Waals surface area (Å²) in [5.74, 6) is 0.505. The first-order valence-electron chi connectivity index (χ1n) is 9.57. The van der Waals surface area contributed by atoms with Crippen molar-refractivity contribution in [1.29, 1.82) is 0 Å². The van der Waals surface area contributed by atoms with Crippen molar-refractivity contribution in [2.24, 2.45) is 5.73 Å². The van der Waals surface area contributed by atoms with Crippen molar-refractivity contribution in [3.8, 4) is 5.88 Å². The average molecular weight is 378 g/mol. The first-order valence-corrected chi connectivity index (χ1v) is 9.57. The predicted octanol–water partition coefficient (Wildman–Crippen LogP) is 4.60. The molecular formula is C22H26N4O2. The van der Waals surface area contributed by atoms with Gasteiger partial charge in [-0.25, -0.2) is 9.97 Å². The van der Waals surface area contributed by atoms with Crippen molar-refractivity contribution in [3.05, 3.63) is 53.9 Å². The van der Waals surface area contributed by atoms with E-state index in [-0.39, 0.29) is 11.9 Å². The molecule has 1 aromatic carbocycles. The fourth-order valence-electron chi connectivity index (χ4n) is 3.07. The Morgan fingerprint density at radius 3 is 2.71 bits per heavy atom. The first kappa shape index (κ1) is 19.8. The predicted molar refractivity (Wildman–Crippen MR) is 112 cm³/mol. The molecule has 0 radical (unpaired) electrons. The van der Waals surface area contributed by atoms with E-state index in [0.29, 0.717) is 35.6 Å². The number of nitrogens with zero attached hydrogens (tertiary/aromatic N) is 2. The number of ether oxygens (including phenoxy) is 1. The molecule has 0 atom stereocenters. The number of carbonyl (C=O) groups excluding carboxylic acids is 1. The van der Waals surface area contributed by atoms with E-state index in [4.69, 9.17) is 10.5 Å². The lowest BCUT2D eigenvalue weighted by molar-refractivity contribution is 0.0982. The summed E-state index contributed by atoms with van der Waals surface area (Å²) in [5.41, 5.74) is 9.61. The van der Waals surface area contributed by atoms with E-state index in [2.05, 4.69) is 15.3 Å². The smallest absolute Gasteiger partial charge is 0.240 e. The number of Topliss-reactive ketones (excluding diaryl/α,β-unsaturated/α-hetero) is 1. The van der Waals surface area contributed by atoms with Crippen molar-refractivity contribution < 1.29 is 9.53 Å². The molecule has 6 heteroatoms. The summed E-state index contributed by atoms with van der Waals surface area (Å²) in [4.78, 5) is 21.6. The van der Waals surface area contributed by atoms with Crippen LogP contribution < -0.4 is 15.8 Å². The van der Waals surface area contributed by atoms with Crippen LogP contribution in [-0.2, 0) is 6.54 Å². The number of fused-ring (bicyclic) bond motifs is 1. The van der Waals surface area contributed by atoms with Crippen LogP contribution in [0, 0.1) is 0 Å². The van der Waals surface area contributed by atoms with E-state index in [0.717, 1.165) is 23.1 Å². The third-order valence-electron chi connectivity index (χ3n) is 4.37. The summed E-state index contributed by atoms with van der Waals surface area (Å²) < 4.78 is 5.82. The van der Waals surface area contributed by atoms with Gasteiger partial charge >= 0.3 is 0 Å². The van der Waals surface area contributed by atoms with Gasteiger partial charge in [-0.2, -0.15) is 0 Å². The number of aromatic nitrogens is 2. The van der Waals surface area contributed by atoms with Gasteiger partial charge in [0.1, 0.15) is 5.52 Å². The third-order valence-corrected chi connectivity index (χ3v) is 4.37. The lowest BCUT2D eigenvalue weighted by Crippen LogP contribution is -2.10. The van der Waals surface area contributed by atoms with Crippen LogP contribution in [0.3, 0.4) is 0 Å². The second kappa shape index (κ2) is 8.80. The molecule has 0 unspecified atom stereocenters. The molecule has 0 spiro atoms. The number of rotatable bonds is 8. The number of nitrogens with two attached hydrogens (primary N) is 1. The fourth-order valence-corrected chi connectivity index (χ4v) is 3.07. The largest absolute Gasteiger partial charge is 0.473 e. The number of pyridine rings is 2. The fraction of sp³-hybridized carbons (Fsp3) is 0.318. The molecule has 0 fully saturated rings. The molecule has 0 aliphatic heterocycles. The number of anilines is 2. The molecule has 0 saturated heterocycles. The molecule has 3 N–H and O–H groups in total. The van der Waals surface area contributed by atoms with Gasteiger partial charge in [-0.1, -0.05) is 25.1 Å². The van der Waals surface area contributed by atoms with Crippen LogP contribution in [0.5, 0.6) is 5.88 Å². The maximum atomic E-state index is 12.8. The maximum Gasteiger partial charge on any atom is 0.240 e. The van der Waals surface area contributed by atoms with Gasteiger partial charge in [-0.05, 0) is 38.0 Å². The zero-order valence-corrected chi connectivity index (χ0v) is 16.5. The minimum absolute atomic E-state index is 0.0318. The van der Waals surface area contributed by atoms with Crippen LogP contribution in [0.4, 0.5) is 11.4 Å². The molecule has 0 bridgehead atoms. The quantitative estimate of drug-likeness (QED) is 0.557. The van der Waals surface area contributed by atoms with E-state index in [9.17, 15) is 4.79 Å². The number of hydrogen-bond acceptors (Lipinski definition) is 6. The molecule has 0 aliphatic rings. The van der Waals surface area contributed by atoms with Gasteiger partial charge in [0.05, 0.1) is 17.4 Å². The van der Waals surface area contributed by atoms with E-state index < -0.39 is 0 Å². The van der Waals surface area contributed by atoms with Crippen LogP contribution in [0.15, 0.2) is 42.7 Å². The highest BCUT2D eigenvalue weighted by atomic mass is 16.5. The Hall–Kier alpha value is -2.99. The Morgan fingerprint density at radius 2 is 2.00 bits per heavy atom. The topological polar surface area (TPSA) is 90.1 Å². The zero-order valence-electron chi connectivity index (χ0n) is 16.5. The van der Waals surface area contributed by atoms with E-state index in [1.807, 2.05) is 51.1 Å². The molecule has 0 amide bonds. The van der Waals surface area contributed by atoms with Crippen LogP contribution in [0.1, 0.15) is 49.5 Å². The number of para-hydroxylation sites is 1. The number of benzene rings is 1. The molecule has 3 aromatic rings. The van der Waals surface area contributed by atoms with Crippen LogP contribution in [0.2, 0.25) is 0 Å². The Morgan fingerprint density at radius 1 is 1.21 bits per heavy atom. The van der Waals surface area contributed by atoms with Gasteiger partial charge in [-0.15, -0.1) is 0 Å². The molecule has 2 heterocycles. The van der Waals surface area contributed by atoms with Gasteiger partial charge in [0.15, 0.2) is 5.78 Å². The Labute approximate surface area is 165 Å². The summed E-state index contributed by atoms with van der Waals surface area (Å²) >= 11 is 0. The van der Waals surface area contributed by atoms with Crippen molar-refractivity contribution in [3.63, 3.8) is 0 Å². The normalized spacial score (nSPS) is 11.0. The monoisotopic (exact) mass is 378 g/mol. The summed E-state index contributed by atoms with van der Waals surface area (Å²) in [5, 5.41) is 4.22. The zero-order chi connectivity index (χ0) is 20.1. The van der Waals surface area contributed by atoms with Crippen LogP contribution in [-0.4, -0.2) is 21.9 Å². The van der Waals surface area contributed by atoms with Crippen molar-refractivity contribution >= 4 is 28.1 Å². The van der Waals surface area contributed by atoms with Gasteiger partial charge in [0.2, 0.25) is 5.88 Å². The molecule has 28 heavy (non-hydrogen) atoms. The van der Waals surface area contributed by atoms with Gasteiger partial charge in [0, 0.05) is 36.4 Å². The standard InChI is InChI=1S/C22H26N4O2/c1-4-7-19(27)17-13-25-21-16(10-11-24-22(21)28-14(2)3)20(17)26-18-9-6-5-8-15(18)12-23/h5-6,8-11,13-14H,4,7,12,23H2,1-3H3,(H,25,26). The summed E-state index contributed by atoms with van der Waals surface area (Å²) in [6.45, 7) is 6.27. The minimum atomic E-state index is -0.0318.